The summed E-state index contributed by atoms with van der Waals surface area (Å²) in [6.45, 7) is 4.84. The van der Waals surface area contributed by atoms with Crippen molar-refractivity contribution in [2.75, 3.05) is 6.54 Å². The Bertz CT molecular complexity index is 501. The molecule has 1 aliphatic rings. The number of aromatic nitrogens is 1. The van der Waals surface area contributed by atoms with Gasteiger partial charge in [-0.2, -0.15) is 0 Å². The predicted molar refractivity (Wildman–Crippen MR) is 75.4 cm³/mol. The number of amides is 1. The van der Waals surface area contributed by atoms with E-state index in [1.807, 2.05) is 0 Å². The highest BCUT2D eigenvalue weighted by Crippen LogP contribution is 2.29. The number of nitrogens with one attached hydrogen (secondary N) is 1. The maximum Gasteiger partial charge on any atom is 0.263 e. The zero-order valence-electron chi connectivity index (χ0n) is 11.7. The number of hydrogen-bond acceptors (Lipinski definition) is 2. The van der Waals surface area contributed by atoms with Gasteiger partial charge in [-0.3, -0.25) is 9.59 Å². The zero-order chi connectivity index (χ0) is 13.8. The molecule has 0 aliphatic heterocycles. The van der Waals surface area contributed by atoms with E-state index < -0.39 is 0 Å². The molecule has 1 aliphatic carbocycles. The minimum absolute atomic E-state index is 0.158. The summed E-state index contributed by atoms with van der Waals surface area (Å²) < 4.78 is 1.71. The third-order valence-corrected chi connectivity index (χ3v) is 3.69. The van der Waals surface area contributed by atoms with Crippen LogP contribution in [0.3, 0.4) is 0 Å². The lowest BCUT2D eigenvalue weighted by atomic mass is 9.92. The summed E-state index contributed by atoms with van der Waals surface area (Å²) >= 11 is 0. The van der Waals surface area contributed by atoms with Crippen molar-refractivity contribution in [2.45, 2.75) is 45.6 Å². The van der Waals surface area contributed by atoms with E-state index in [0.717, 1.165) is 19.3 Å². The first kappa shape index (κ1) is 13.8. The van der Waals surface area contributed by atoms with Gasteiger partial charge < -0.3 is 9.88 Å². The average Bonchev–Trinajstić information content (AvgIpc) is 2.28. The van der Waals surface area contributed by atoms with E-state index in [0.29, 0.717) is 12.5 Å². The number of nitrogens with zero attached hydrogens (tertiary/aromatic N) is 1. The van der Waals surface area contributed by atoms with E-state index >= 15 is 0 Å². The molecule has 2 rings (SSSR count). The van der Waals surface area contributed by atoms with Crippen molar-refractivity contribution in [1.82, 2.24) is 9.88 Å². The van der Waals surface area contributed by atoms with Gasteiger partial charge in [-0.15, -0.1) is 0 Å². The molecule has 1 N–H and O–H groups in total. The van der Waals surface area contributed by atoms with Gasteiger partial charge in [-0.05, 0) is 43.7 Å². The first-order valence-electron chi connectivity index (χ1n) is 7.09. The maximum absolute atomic E-state index is 12.2. The van der Waals surface area contributed by atoms with Crippen LogP contribution in [0.2, 0.25) is 0 Å². The molecule has 1 fully saturated rings. The number of hydrogen-bond donors (Lipinski definition) is 1. The molecule has 19 heavy (non-hydrogen) atoms. The first-order valence-corrected chi connectivity index (χ1v) is 7.09. The summed E-state index contributed by atoms with van der Waals surface area (Å²) in [5.41, 5.74) is 0.104. The molecule has 104 valence electrons. The number of rotatable bonds is 5. The lowest BCUT2D eigenvalue weighted by molar-refractivity contribution is 0.0949. The number of pyridine rings is 1. The second-order valence-corrected chi connectivity index (χ2v) is 5.66. The fourth-order valence-corrected chi connectivity index (χ4v) is 2.20. The van der Waals surface area contributed by atoms with Gasteiger partial charge in [0.1, 0.15) is 5.56 Å². The molecule has 1 amide bonds. The van der Waals surface area contributed by atoms with Crippen LogP contribution in [0.25, 0.3) is 0 Å². The Kier molecular flexibility index (Phi) is 4.40. The zero-order valence-corrected chi connectivity index (χ0v) is 11.7. The maximum atomic E-state index is 12.2. The van der Waals surface area contributed by atoms with E-state index in [4.69, 9.17) is 0 Å². The summed E-state index contributed by atoms with van der Waals surface area (Å²) in [6, 6.07) is 3.69. The van der Waals surface area contributed by atoms with Gasteiger partial charge in [0.25, 0.3) is 11.5 Å². The number of carbonyl (C=O) groups excluding carboxylic acids is 1. The standard InChI is InChI=1S/C15H22N2O2/c1-11(2)8-9-16-14(18)13-7-4-10-17(15(13)19)12-5-3-6-12/h4,7,10-12H,3,5-6,8-9H2,1-2H3,(H,16,18). The summed E-state index contributed by atoms with van der Waals surface area (Å²) in [5.74, 6) is 0.294. The van der Waals surface area contributed by atoms with Crippen LogP contribution < -0.4 is 10.9 Å². The Morgan fingerprint density at radius 1 is 1.47 bits per heavy atom. The van der Waals surface area contributed by atoms with Crippen LogP contribution in [0.4, 0.5) is 0 Å². The fraction of sp³-hybridized carbons (Fsp3) is 0.600. The van der Waals surface area contributed by atoms with Gasteiger partial charge in [-0.25, -0.2) is 0 Å². The molecule has 0 saturated heterocycles. The highest BCUT2D eigenvalue weighted by atomic mass is 16.2. The van der Waals surface area contributed by atoms with E-state index in [2.05, 4.69) is 19.2 Å². The van der Waals surface area contributed by atoms with Gasteiger partial charge in [0.2, 0.25) is 0 Å². The molecule has 0 unspecified atom stereocenters. The molecule has 0 aromatic carbocycles. The van der Waals surface area contributed by atoms with Crippen LogP contribution in [-0.4, -0.2) is 17.0 Å². The van der Waals surface area contributed by atoms with Gasteiger partial charge in [0.05, 0.1) is 0 Å². The Hall–Kier alpha value is -1.58. The van der Waals surface area contributed by atoms with Crippen molar-refractivity contribution in [3.8, 4) is 0 Å². The molecule has 0 spiro atoms. The number of carbonyl (C=O) groups is 1. The summed E-state index contributed by atoms with van der Waals surface area (Å²) in [7, 11) is 0. The minimum Gasteiger partial charge on any atom is -0.352 e. The molecular formula is C15H22N2O2. The van der Waals surface area contributed by atoms with Crippen molar-refractivity contribution in [2.24, 2.45) is 5.92 Å². The van der Waals surface area contributed by atoms with Crippen LogP contribution in [0.5, 0.6) is 0 Å². The second-order valence-electron chi connectivity index (χ2n) is 5.66. The van der Waals surface area contributed by atoms with E-state index in [1.54, 1.807) is 22.9 Å². The van der Waals surface area contributed by atoms with Crippen molar-refractivity contribution in [3.63, 3.8) is 0 Å². The topological polar surface area (TPSA) is 51.1 Å². The van der Waals surface area contributed by atoms with Crippen molar-refractivity contribution < 1.29 is 4.79 Å². The smallest absolute Gasteiger partial charge is 0.263 e. The van der Waals surface area contributed by atoms with Crippen LogP contribution in [0.1, 0.15) is 55.9 Å². The van der Waals surface area contributed by atoms with Crippen molar-refractivity contribution >= 4 is 5.91 Å². The molecule has 1 saturated carbocycles. The lowest BCUT2D eigenvalue weighted by Gasteiger charge is -2.27. The van der Waals surface area contributed by atoms with Gasteiger partial charge >= 0.3 is 0 Å². The molecule has 1 aromatic heterocycles. The quantitative estimate of drug-likeness (QED) is 0.885. The first-order chi connectivity index (χ1) is 9.09. The van der Waals surface area contributed by atoms with Crippen molar-refractivity contribution in [3.05, 3.63) is 34.2 Å². The largest absolute Gasteiger partial charge is 0.352 e. The molecule has 0 atom stereocenters. The average molecular weight is 262 g/mol. The third kappa shape index (κ3) is 3.25. The molecule has 1 heterocycles. The van der Waals surface area contributed by atoms with E-state index in [9.17, 15) is 9.59 Å². The molecular weight excluding hydrogens is 240 g/mol. The second kappa shape index (κ2) is 6.04. The van der Waals surface area contributed by atoms with Crippen LogP contribution in [0, 0.1) is 5.92 Å². The third-order valence-electron chi connectivity index (χ3n) is 3.69. The fourth-order valence-electron chi connectivity index (χ4n) is 2.20. The van der Waals surface area contributed by atoms with Crippen LogP contribution in [0.15, 0.2) is 23.1 Å². The Morgan fingerprint density at radius 2 is 2.21 bits per heavy atom. The van der Waals surface area contributed by atoms with Crippen LogP contribution in [-0.2, 0) is 0 Å². The Labute approximate surface area is 113 Å². The summed E-state index contributed by atoms with van der Waals surface area (Å²) in [5, 5.41) is 2.82. The normalized spacial score (nSPS) is 15.3. The Morgan fingerprint density at radius 3 is 2.79 bits per heavy atom. The van der Waals surface area contributed by atoms with Crippen LogP contribution >= 0.6 is 0 Å². The molecule has 1 aromatic rings. The molecule has 0 radical (unpaired) electrons. The predicted octanol–water partition coefficient (Wildman–Crippen LogP) is 2.35. The van der Waals surface area contributed by atoms with Gasteiger partial charge in [-0.1, -0.05) is 13.8 Å². The van der Waals surface area contributed by atoms with Crippen molar-refractivity contribution in [1.29, 1.82) is 0 Å². The van der Waals surface area contributed by atoms with Gasteiger partial charge in [0, 0.05) is 18.8 Å². The summed E-state index contributed by atoms with van der Waals surface area (Å²) in [6.07, 6.45) is 5.96. The SMILES string of the molecule is CC(C)CCNC(=O)c1cccn(C2CCC2)c1=O. The highest BCUT2D eigenvalue weighted by molar-refractivity contribution is 5.93. The molecule has 4 nitrogen and oxygen atoms in total. The molecule has 4 heteroatoms. The van der Waals surface area contributed by atoms with E-state index in [1.165, 1.54) is 6.42 Å². The van der Waals surface area contributed by atoms with E-state index in [-0.39, 0.29) is 23.1 Å². The lowest BCUT2D eigenvalue weighted by Crippen LogP contribution is -2.36. The highest BCUT2D eigenvalue weighted by Gasteiger charge is 2.22. The Balaban J connectivity index is 2.07. The van der Waals surface area contributed by atoms with Gasteiger partial charge in [0.15, 0.2) is 0 Å². The molecule has 0 bridgehead atoms. The summed E-state index contributed by atoms with van der Waals surface area (Å²) in [4.78, 5) is 24.2. The monoisotopic (exact) mass is 262 g/mol. The minimum atomic E-state index is -0.251.